The van der Waals surface area contributed by atoms with E-state index in [9.17, 15) is 13.2 Å². The molecule has 5 heteroatoms. The summed E-state index contributed by atoms with van der Waals surface area (Å²) in [6, 6.07) is 6.93. The van der Waals surface area contributed by atoms with Gasteiger partial charge in [-0.2, -0.15) is 4.31 Å². The molecule has 3 rings (SSSR count). The third-order valence-corrected chi connectivity index (χ3v) is 6.82. The third-order valence-electron chi connectivity index (χ3n) is 4.99. The van der Waals surface area contributed by atoms with Crippen molar-refractivity contribution in [3.05, 3.63) is 52.1 Å². The lowest BCUT2D eigenvalue weighted by Crippen LogP contribution is -2.29. The Hall–Kier alpha value is -1.72. The van der Waals surface area contributed by atoms with Crippen LogP contribution in [0.15, 0.2) is 51.5 Å². The van der Waals surface area contributed by atoms with Crippen molar-refractivity contribution in [3.8, 4) is 0 Å². The van der Waals surface area contributed by atoms with E-state index in [2.05, 4.69) is 0 Å². The molecule has 1 aromatic carbocycles. The Balaban J connectivity index is 1.97. The lowest BCUT2D eigenvalue weighted by Gasteiger charge is -2.23. The first kappa shape index (κ1) is 17.1. The molecule has 0 N–H and O–H groups in total. The van der Waals surface area contributed by atoms with E-state index < -0.39 is 10.0 Å². The van der Waals surface area contributed by atoms with Crippen LogP contribution in [0.1, 0.15) is 32.8 Å². The molecule has 1 saturated heterocycles. The molecule has 0 bridgehead atoms. The predicted octanol–water partition coefficient (Wildman–Crippen LogP) is 3.24. The lowest BCUT2D eigenvalue weighted by atomic mass is 9.80. The monoisotopic (exact) mass is 345 g/mol. The summed E-state index contributed by atoms with van der Waals surface area (Å²) in [6.07, 6.45) is 0.410. The largest absolute Gasteiger partial charge is 0.294 e. The van der Waals surface area contributed by atoms with E-state index in [0.717, 1.165) is 27.9 Å². The van der Waals surface area contributed by atoms with Crippen molar-refractivity contribution in [1.29, 1.82) is 0 Å². The van der Waals surface area contributed by atoms with Crippen molar-refractivity contribution in [2.24, 2.45) is 5.92 Å². The maximum atomic E-state index is 12.9. The number of carbonyl (C=O) groups excluding carboxylic acids is 1. The summed E-state index contributed by atoms with van der Waals surface area (Å²) in [5.41, 5.74) is 4.89. The Kier molecular flexibility index (Phi) is 4.26. The van der Waals surface area contributed by atoms with Crippen molar-refractivity contribution >= 4 is 15.8 Å². The highest BCUT2D eigenvalue weighted by Gasteiger charge is 2.41. The first-order chi connectivity index (χ1) is 11.2. The number of nitrogens with zero attached hydrogens (tertiary/aromatic N) is 1. The van der Waals surface area contributed by atoms with Gasteiger partial charge in [-0.05, 0) is 51.0 Å². The van der Waals surface area contributed by atoms with Gasteiger partial charge in [-0.3, -0.25) is 4.79 Å². The molecule has 0 saturated carbocycles. The predicted molar refractivity (Wildman–Crippen MR) is 94.1 cm³/mol. The highest BCUT2D eigenvalue weighted by Crippen LogP contribution is 2.39. The molecule has 1 unspecified atom stereocenters. The molecule has 1 fully saturated rings. The number of benzene rings is 1. The van der Waals surface area contributed by atoms with Gasteiger partial charge in [0, 0.05) is 31.0 Å². The van der Waals surface area contributed by atoms with E-state index in [1.165, 1.54) is 4.31 Å². The van der Waals surface area contributed by atoms with Crippen LogP contribution < -0.4 is 0 Å². The van der Waals surface area contributed by atoms with Gasteiger partial charge >= 0.3 is 0 Å². The van der Waals surface area contributed by atoms with Crippen LogP contribution in [0.25, 0.3) is 0 Å². The second kappa shape index (κ2) is 5.97. The number of hydrogen-bond acceptors (Lipinski definition) is 3. The summed E-state index contributed by atoms with van der Waals surface area (Å²) in [7, 11) is -3.52. The van der Waals surface area contributed by atoms with E-state index in [4.69, 9.17) is 0 Å². The average Bonchev–Trinajstić information content (AvgIpc) is 2.92. The summed E-state index contributed by atoms with van der Waals surface area (Å²) in [4.78, 5) is 12.7. The van der Waals surface area contributed by atoms with Gasteiger partial charge in [-0.15, -0.1) is 0 Å². The molecule has 4 nitrogen and oxygen atoms in total. The topological polar surface area (TPSA) is 54.5 Å². The fourth-order valence-corrected chi connectivity index (χ4v) is 5.21. The summed E-state index contributed by atoms with van der Waals surface area (Å²) >= 11 is 0. The highest BCUT2D eigenvalue weighted by atomic mass is 32.2. The highest BCUT2D eigenvalue weighted by molar-refractivity contribution is 7.89. The van der Waals surface area contributed by atoms with Crippen LogP contribution in [0, 0.1) is 12.8 Å². The molecule has 0 amide bonds. The fourth-order valence-electron chi connectivity index (χ4n) is 3.74. The minimum atomic E-state index is -3.52. The molecular weight excluding hydrogens is 322 g/mol. The number of Topliss-reactive ketones (excluding diaryl/α,β-unsaturated/α-hetero) is 1. The number of hydrogen-bond donors (Lipinski definition) is 0. The Morgan fingerprint density at radius 3 is 2.33 bits per heavy atom. The van der Waals surface area contributed by atoms with Crippen molar-refractivity contribution in [2.75, 3.05) is 13.1 Å². The average molecular weight is 345 g/mol. The molecule has 2 aliphatic rings. The molecule has 1 heterocycles. The van der Waals surface area contributed by atoms with Crippen LogP contribution in [0.2, 0.25) is 0 Å². The molecular formula is C19H23NO3S. The third kappa shape index (κ3) is 2.76. The molecule has 1 aliphatic heterocycles. The minimum Gasteiger partial charge on any atom is -0.294 e. The number of ketones is 1. The standard InChI is InChI=1S/C19H23NO3S/c1-12(2)19-14(4)17-11-20(10-15(17)9-18(19)21)24(22,23)16-7-5-13(3)6-8-16/h5-8,15H,9-11H2,1-4H3. The van der Waals surface area contributed by atoms with E-state index in [1.54, 1.807) is 12.1 Å². The normalized spacial score (nSPS) is 22.1. The number of rotatable bonds is 2. The number of allylic oxidation sites excluding steroid dienone is 3. The zero-order valence-corrected chi connectivity index (χ0v) is 15.4. The van der Waals surface area contributed by atoms with Gasteiger partial charge in [0.25, 0.3) is 0 Å². The Morgan fingerprint density at radius 1 is 1.12 bits per heavy atom. The summed E-state index contributed by atoms with van der Waals surface area (Å²) in [5, 5.41) is 0. The van der Waals surface area contributed by atoms with E-state index in [1.807, 2.05) is 39.8 Å². The van der Waals surface area contributed by atoms with Crippen molar-refractivity contribution in [3.63, 3.8) is 0 Å². The second-order valence-corrected chi connectivity index (χ2v) is 8.90. The van der Waals surface area contributed by atoms with Crippen LogP contribution in [0.4, 0.5) is 0 Å². The van der Waals surface area contributed by atoms with Gasteiger partial charge in [0.05, 0.1) is 4.90 Å². The fraction of sp³-hybridized carbons (Fsp3) is 0.421. The first-order valence-corrected chi connectivity index (χ1v) is 9.63. The van der Waals surface area contributed by atoms with E-state index in [-0.39, 0.29) is 11.7 Å². The van der Waals surface area contributed by atoms with E-state index in [0.29, 0.717) is 24.4 Å². The second-order valence-electron chi connectivity index (χ2n) is 6.96. The summed E-state index contributed by atoms with van der Waals surface area (Å²) < 4.78 is 27.3. The molecule has 0 radical (unpaired) electrons. The zero-order valence-electron chi connectivity index (χ0n) is 14.6. The smallest absolute Gasteiger partial charge is 0.243 e. The number of carbonyl (C=O) groups is 1. The van der Waals surface area contributed by atoms with Gasteiger partial charge in [-0.25, -0.2) is 8.42 Å². The van der Waals surface area contributed by atoms with Crippen LogP contribution in [0.5, 0.6) is 0 Å². The number of fused-ring (bicyclic) bond motifs is 1. The quantitative estimate of drug-likeness (QED) is 0.773. The zero-order chi connectivity index (χ0) is 17.6. The Bertz CT molecular complexity index is 856. The first-order valence-electron chi connectivity index (χ1n) is 8.19. The molecule has 1 atom stereocenters. The lowest BCUT2D eigenvalue weighted by molar-refractivity contribution is -0.116. The Morgan fingerprint density at radius 2 is 1.75 bits per heavy atom. The van der Waals surface area contributed by atoms with Crippen LogP contribution >= 0.6 is 0 Å². The molecule has 128 valence electrons. The van der Waals surface area contributed by atoms with Gasteiger partial charge in [0.1, 0.15) is 0 Å². The summed E-state index contributed by atoms with van der Waals surface area (Å²) in [6.45, 7) is 8.54. The minimum absolute atomic E-state index is 0.0147. The molecule has 24 heavy (non-hydrogen) atoms. The van der Waals surface area contributed by atoms with Gasteiger partial charge in [0.2, 0.25) is 10.0 Å². The molecule has 0 aromatic heterocycles. The number of aryl methyl sites for hydroxylation is 1. The van der Waals surface area contributed by atoms with Gasteiger partial charge in [-0.1, -0.05) is 23.3 Å². The van der Waals surface area contributed by atoms with Gasteiger partial charge < -0.3 is 0 Å². The maximum Gasteiger partial charge on any atom is 0.243 e. The van der Waals surface area contributed by atoms with Crippen molar-refractivity contribution in [1.82, 2.24) is 4.31 Å². The molecule has 1 aliphatic carbocycles. The maximum absolute atomic E-state index is 12.9. The SMILES string of the molecule is CC(C)=C1C(=O)CC2CN(S(=O)(=O)c3ccc(C)cc3)CC2=C1C. The van der Waals surface area contributed by atoms with Crippen LogP contribution in [-0.2, 0) is 14.8 Å². The number of sulfonamides is 1. The summed E-state index contributed by atoms with van der Waals surface area (Å²) in [5.74, 6) is 0.150. The van der Waals surface area contributed by atoms with Crippen molar-refractivity contribution in [2.45, 2.75) is 39.0 Å². The Labute approximate surface area is 143 Å². The van der Waals surface area contributed by atoms with Crippen LogP contribution in [0.3, 0.4) is 0 Å². The van der Waals surface area contributed by atoms with Crippen molar-refractivity contribution < 1.29 is 13.2 Å². The van der Waals surface area contributed by atoms with E-state index >= 15 is 0 Å². The van der Waals surface area contributed by atoms with Crippen LogP contribution in [-0.4, -0.2) is 31.6 Å². The van der Waals surface area contributed by atoms with Gasteiger partial charge in [0.15, 0.2) is 5.78 Å². The molecule has 0 spiro atoms. The molecule has 1 aromatic rings.